The fraction of sp³-hybridized carbons (Fsp3) is 0.444. The van der Waals surface area contributed by atoms with Crippen LogP contribution in [0.3, 0.4) is 0 Å². The molecule has 2 aromatic rings. The van der Waals surface area contributed by atoms with E-state index in [0.717, 1.165) is 41.9 Å². The van der Waals surface area contributed by atoms with Crippen LogP contribution in [0.5, 0.6) is 0 Å². The maximum absolute atomic E-state index is 12.6. The molecule has 0 aliphatic carbocycles. The minimum absolute atomic E-state index is 0.224. The molecule has 3 rings (SSSR count). The number of guanidine groups is 1. The molecule has 1 fully saturated rings. The summed E-state index contributed by atoms with van der Waals surface area (Å²) >= 11 is 7.08. The minimum Gasteiger partial charge on any atom is -0.369 e. The lowest BCUT2D eigenvalue weighted by atomic mass is 10.2. The van der Waals surface area contributed by atoms with Gasteiger partial charge in [0.05, 0.1) is 5.01 Å². The van der Waals surface area contributed by atoms with E-state index in [4.69, 9.17) is 11.6 Å². The average Bonchev–Trinajstić information content (AvgIpc) is 3.30. The Morgan fingerprint density at radius 3 is 2.93 bits per heavy atom. The Hall–Kier alpha value is -2.00. The Labute approximate surface area is 170 Å². The first-order chi connectivity index (χ1) is 13.3. The molecule has 1 saturated heterocycles. The second kappa shape index (κ2) is 9.00. The normalized spacial score (nSPS) is 17.8. The minimum atomic E-state index is -4.39. The smallest absolute Gasteiger partial charge is 0.369 e. The van der Waals surface area contributed by atoms with E-state index in [9.17, 15) is 13.2 Å². The van der Waals surface area contributed by atoms with Gasteiger partial charge in [0, 0.05) is 55.2 Å². The number of nitrogens with one attached hydrogen (secondary N) is 2. The van der Waals surface area contributed by atoms with Crippen molar-refractivity contribution in [1.29, 1.82) is 0 Å². The lowest BCUT2D eigenvalue weighted by Gasteiger charge is -2.20. The van der Waals surface area contributed by atoms with Crippen molar-refractivity contribution >= 4 is 34.6 Å². The van der Waals surface area contributed by atoms with Crippen LogP contribution in [0.4, 0.5) is 18.9 Å². The van der Waals surface area contributed by atoms with E-state index in [1.165, 1.54) is 0 Å². The van der Waals surface area contributed by atoms with Crippen LogP contribution in [0.1, 0.15) is 17.1 Å². The number of anilines is 1. The van der Waals surface area contributed by atoms with Crippen LogP contribution in [0.25, 0.3) is 0 Å². The molecule has 1 atom stereocenters. The summed E-state index contributed by atoms with van der Waals surface area (Å²) in [6.45, 7) is 2.19. The molecule has 152 valence electrons. The van der Waals surface area contributed by atoms with Gasteiger partial charge in [-0.1, -0.05) is 17.7 Å². The van der Waals surface area contributed by atoms with E-state index in [1.807, 2.05) is 24.3 Å². The predicted octanol–water partition coefficient (Wildman–Crippen LogP) is 3.80. The lowest BCUT2D eigenvalue weighted by Crippen LogP contribution is -2.45. The van der Waals surface area contributed by atoms with E-state index in [2.05, 4.69) is 25.5 Å². The van der Waals surface area contributed by atoms with Gasteiger partial charge in [-0.2, -0.15) is 13.2 Å². The van der Waals surface area contributed by atoms with Crippen molar-refractivity contribution in [1.82, 2.24) is 15.6 Å². The number of alkyl halides is 3. The first kappa shape index (κ1) is 20.7. The summed E-state index contributed by atoms with van der Waals surface area (Å²) in [6.07, 6.45) is -3.04. The summed E-state index contributed by atoms with van der Waals surface area (Å²) in [5, 5.41) is 8.71. The van der Waals surface area contributed by atoms with E-state index in [-0.39, 0.29) is 6.04 Å². The zero-order valence-corrected chi connectivity index (χ0v) is 16.8. The molecule has 1 aromatic heterocycles. The fourth-order valence-corrected chi connectivity index (χ4v) is 4.01. The Morgan fingerprint density at radius 1 is 1.43 bits per heavy atom. The molecular formula is C18H21ClF3N5S. The molecule has 1 unspecified atom stereocenters. The maximum Gasteiger partial charge on any atom is 0.434 e. The molecule has 0 saturated carbocycles. The standard InChI is InChI=1S/C18H21ClF3N5S/c1-23-17(24-7-5-16-26-15(11-28-16)18(20,21)22)25-13-6-8-27(10-13)14-4-2-3-12(19)9-14/h2-4,9,11,13H,5-8,10H2,1H3,(H2,23,24,25). The van der Waals surface area contributed by atoms with Gasteiger partial charge in [0.15, 0.2) is 11.7 Å². The van der Waals surface area contributed by atoms with E-state index in [1.54, 1.807) is 7.05 Å². The fourth-order valence-electron chi connectivity index (χ4n) is 3.02. The quantitative estimate of drug-likeness (QED) is 0.558. The van der Waals surface area contributed by atoms with Gasteiger partial charge in [-0.25, -0.2) is 4.98 Å². The van der Waals surface area contributed by atoms with Crippen molar-refractivity contribution in [3.63, 3.8) is 0 Å². The first-order valence-electron chi connectivity index (χ1n) is 8.84. The summed E-state index contributed by atoms with van der Waals surface area (Å²) in [4.78, 5) is 10.1. The van der Waals surface area contributed by atoms with Crippen LogP contribution < -0.4 is 15.5 Å². The number of hydrogen-bond donors (Lipinski definition) is 2. The molecule has 10 heteroatoms. The molecule has 28 heavy (non-hydrogen) atoms. The highest BCUT2D eigenvalue weighted by atomic mass is 35.5. The number of thiazole rings is 1. The van der Waals surface area contributed by atoms with Gasteiger partial charge in [-0.15, -0.1) is 11.3 Å². The molecule has 1 aliphatic heterocycles. The van der Waals surface area contributed by atoms with Crippen molar-refractivity contribution in [3.8, 4) is 0 Å². The third kappa shape index (κ3) is 5.51. The highest BCUT2D eigenvalue weighted by molar-refractivity contribution is 7.09. The Kier molecular flexibility index (Phi) is 6.66. The second-order valence-corrected chi connectivity index (χ2v) is 7.81. The third-order valence-electron chi connectivity index (χ3n) is 4.40. The van der Waals surface area contributed by atoms with Crippen molar-refractivity contribution < 1.29 is 13.2 Å². The molecule has 0 spiro atoms. The van der Waals surface area contributed by atoms with Crippen LogP contribution in [0.15, 0.2) is 34.6 Å². The Bertz CT molecular complexity index is 824. The summed E-state index contributed by atoms with van der Waals surface area (Å²) in [5.74, 6) is 0.630. The zero-order valence-electron chi connectivity index (χ0n) is 15.3. The van der Waals surface area contributed by atoms with Gasteiger partial charge in [0.2, 0.25) is 0 Å². The summed E-state index contributed by atoms with van der Waals surface area (Å²) in [7, 11) is 1.67. The zero-order chi connectivity index (χ0) is 20.1. The Balaban J connectivity index is 1.45. The maximum atomic E-state index is 12.6. The number of nitrogens with zero attached hydrogens (tertiary/aromatic N) is 3. The summed E-state index contributed by atoms with van der Waals surface area (Å²) in [6, 6.07) is 7.98. The number of hydrogen-bond acceptors (Lipinski definition) is 4. The Morgan fingerprint density at radius 2 is 2.25 bits per heavy atom. The van der Waals surface area contributed by atoms with Crippen LogP contribution >= 0.6 is 22.9 Å². The van der Waals surface area contributed by atoms with Crippen LogP contribution in [-0.4, -0.2) is 43.7 Å². The molecule has 0 radical (unpaired) electrons. The first-order valence-corrected chi connectivity index (χ1v) is 10.1. The van der Waals surface area contributed by atoms with Gasteiger partial charge in [-0.05, 0) is 24.6 Å². The van der Waals surface area contributed by atoms with Gasteiger partial charge in [-0.3, -0.25) is 4.99 Å². The molecule has 1 aliphatic rings. The largest absolute Gasteiger partial charge is 0.434 e. The molecule has 2 heterocycles. The SMILES string of the molecule is CN=C(NCCc1nc(C(F)(F)F)cs1)NC1CCN(c2cccc(Cl)c2)C1. The van der Waals surface area contributed by atoms with Crippen molar-refractivity contribution in [3.05, 3.63) is 45.4 Å². The predicted molar refractivity (Wildman–Crippen MR) is 107 cm³/mol. The second-order valence-electron chi connectivity index (χ2n) is 6.43. The van der Waals surface area contributed by atoms with Crippen molar-refractivity contribution in [2.75, 3.05) is 31.6 Å². The lowest BCUT2D eigenvalue weighted by molar-refractivity contribution is -0.140. The molecular weight excluding hydrogens is 411 g/mol. The van der Waals surface area contributed by atoms with Gasteiger partial charge in [0.1, 0.15) is 0 Å². The average molecular weight is 432 g/mol. The van der Waals surface area contributed by atoms with E-state index < -0.39 is 11.9 Å². The number of aliphatic imine (C=N–C) groups is 1. The number of aromatic nitrogens is 1. The van der Waals surface area contributed by atoms with Gasteiger partial charge in [0.25, 0.3) is 0 Å². The van der Waals surface area contributed by atoms with Crippen LogP contribution in [0.2, 0.25) is 5.02 Å². The summed E-state index contributed by atoms with van der Waals surface area (Å²) in [5.41, 5.74) is 0.256. The van der Waals surface area contributed by atoms with Gasteiger partial charge < -0.3 is 15.5 Å². The molecule has 0 bridgehead atoms. The highest BCUT2D eigenvalue weighted by Crippen LogP contribution is 2.30. The monoisotopic (exact) mass is 431 g/mol. The molecule has 5 nitrogen and oxygen atoms in total. The molecule has 2 N–H and O–H groups in total. The number of halogens is 4. The van der Waals surface area contributed by atoms with E-state index >= 15 is 0 Å². The van der Waals surface area contributed by atoms with Crippen LogP contribution in [0, 0.1) is 0 Å². The van der Waals surface area contributed by atoms with Crippen molar-refractivity contribution in [2.24, 2.45) is 4.99 Å². The highest BCUT2D eigenvalue weighted by Gasteiger charge is 2.33. The van der Waals surface area contributed by atoms with Crippen molar-refractivity contribution in [2.45, 2.75) is 25.1 Å². The molecule has 0 amide bonds. The van der Waals surface area contributed by atoms with E-state index in [0.29, 0.717) is 29.0 Å². The van der Waals surface area contributed by atoms with Gasteiger partial charge >= 0.3 is 6.18 Å². The number of rotatable bonds is 5. The van der Waals surface area contributed by atoms with Crippen LogP contribution in [-0.2, 0) is 12.6 Å². The molecule has 1 aromatic carbocycles. The summed E-state index contributed by atoms with van der Waals surface area (Å²) < 4.78 is 37.8. The third-order valence-corrected chi connectivity index (χ3v) is 5.54. The number of benzene rings is 1. The topological polar surface area (TPSA) is 52.6 Å².